The molecule has 4 aliphatic rings. The molecule has 4 heteroatoms. The predicted octanol–water partition coefficient (Wildman–Crippen LogP) is 6.62. The van der Waals surface area contributed by atoms with Crippen molar-refractivity contribution in [2.45, 2.75) is 97.0 Å². The molecule has 0 spiro atoms. The molecule has 8 atom stereocenters. The lowest BCUT2D eigenvalue weighted by Gasteiger charge is -2.62. The zero-order valence-corrected chi connectivity index (χ0v) is 22.6. The zero-order chi connectivity index (χ0) is 25.0. The lowest BCUT2D eigenvalue weighted by atomic mass is 9.43. The van der Waals surface area contributed by atoms with Crippen molar-refractivity contribution in [2.75, 3.05) is 14.2 Å². The first-order chi connectivity index (χ1) is 16.6. The molecule has 194 valence electrons. The Bertz CT molecular complexity index is 957. The second-order valence-electron chi connectivity index (χ2n) is 13.1. The fraction of sp³-hybridized carbons (Fsp3) is 0.774. The minimum atomic E-state index is -0.569. The van der Waals surface area contributed by atoms with E-state index >= 15 is 0 Å². The molecule has 4 nitrogen and oxygen atoms in total. The van der Waals surface area contributed by atoms with Gasteiger partial charge in [-0.3, -0.25) is 4.79 Å². The summed E-state index contributed by atoms with van der Waals surface area (Å²) >= 11 is 0. The van der Waals surface area contributed by atoms with Crippen molar-refractivity contribution >= 4 is 5.78 Å². The number of hydrogen-bond acceptors (Lipinski definition) is 4. The van der Waals surface area contributed by atoms with Gasteiger partial charge in [0, 0.05) is 5.92 Å². The summed E-state index contributed by atoms with van der Waals surface area (Å²) in [6, 6.07) is 6.11. The van der Waals surface area contributed by atoms with E-state index in [2.05, 4.69) is 26.0 Å². The van der Waals surface area contributed by atoms with Crippen molar-refractivity contribution in [3.05, 3.63) is 23.8 Å². The largest absolute Gasteiger partial charge is 0.493 e. The number of carbonyl (C=O) groups excluding carboxylic acids is 1. The summed E-state index contributed by atoms with van der Waals surface area (Å²) in [5.41, 5.74) is 1.19. The maximum absolute atomic E-state index is 12.4. The van der Waals surface area contributed by atoms with E-state index in [-0.39, 0.29) is 11.3 Å². The lowest BCUT2D eigenvalue weighted by molar-refractivity contribution is -0.154. The van der Waals surface area contributed by atoms with Crippen LogP contribution in [0.15, 0.2) is 18.2 Å². The highest BCUT2D eigenvalue weighted by atomic mass is 16.5. The number of benzene rings is 1. The Kier molecular flexibility index (Phi) is 6.52. The van der Waals surface area contributed by atoms with Crippen LogP contribution in [0.5, 0.6) is 11.5 Å². The molecular formula is C31H46O4. The van der Waals surface area contributed by atoms with E-state index in [1.807, 2.05) is 13.0 Å². The van der Waals surface area contributed by atoms with Crippen molar-refractivity contribution in [1.82, 2.24) is 0 Å². The molecule has 1 aromatic carbocycles. The number of aliphatic hydroxyl groups is 1. The molecule has 5 rings (SSSR count). The Morgan fingerprint density at radius 2 is 1.69 bits per heavy atom. The summed E-state index contributed by atoms with van der Waals surface area (Å²) in [7, 11) is 3.34. The van der Waals surface area contributed by atoms with E-state index in [0.717, 1.165) is 67.8 Å². The average molecular weight is 483 g/mol. The summed E-state index contributed by atoms with van der Waals surface area (Å²) in [6.07, 6.45) is 12.0. The molecule has 4 saturated carbocycles. The van der Waals surface area contributed by atoms with Gasteiger partial charge in [0.25, 0.3) is 0 Å². The van der Waals surface area contributed by atoms with Crippen molar-refractivity contribution in [3.8, 4) is 11.5 Å². The van der Waals surface area contributed by atoms with E-state index in [9.17, 15) is 9.90 Å². The lowest BCUT2D eigenvalue weighted by Crippen LogP contribution is -2.56. The smallest absolute Gasteiger partial charge is 0.160 e. The first-order valence-electron chi connectivity index (χ1n) is 14.1. The number of ketones is 1. The molecule has 0 saturated heterocycles. The van der Waals surface area contributed by atoms with E-state index in [4.69, 9.17) is 9.47 Å². The van der Waals surface area contributed by atoms with Crippen LogP contribution in [0.25, 0.3) is 0 Å². The Morgan fingerprint density at radius 1 is 0.943 bits per heavy atom. The topological polar surface area (TPSA) is 55.8 Å². The maximum atomic E-state index is 12.4. The van der Waals surface area contributed by atoms with Crippen molar-refractivity contribution in [2.24, 2.45) is 40.4 Å². The number of carbonyl (C=O) groups is 1. The highest BCUT2D eigenvalue weighted by Crippen LogP contribution is 2.68. The van der Waals surface area contributed by atoms with E-state index in [0.29, 0.717) is 17.1 Å². The van der Waals surface area contributed by atoms with Crippen LogP contribution in [-0.4, -0.2) is 30.7 Å². The van der Waals surface area contributed by atoms with Gasteiger partial charge in [0.1, 0.15) is 5.78 Å². The second kappa shape index (κ2) is 9.08. The Morgan fingerprint density at radius 3 is 2.40 bits per heavy atom. The fourth-order valence-electron chi connectivity index (χ4n) is 9.63. The highest BCUT2D eigenvalue weighted by Gasteiger charge is 2.61. The molecule has 0 aliphatic heterocycles. The fourth-order valence-corrected chi connectivity index (χ4v) is 9.63. The number of rotatable bonds is 6. The van der Waals surface area contributed by atoms with Crippen LogP contribution in [0.4, 0.5) is 0 Å². The first kappa shape index (κ1) is 25.1. The third kappa shape index (κ3) is 4.12. The molecule has 35 heavy (non-hydrogen) atoms. The first-order valence-corrected chi connectivity index (χ1v) is 14.1. The quantitative estimate of drug-likeness (QED) is 0.495. The van der Waals surface area contributed by atoms with Crippen LogP contribution in [0.1, 0.15) is 90.5 Å². The molecule has 4 fully saturated rings. The SMILES string of the molecule is COc1ccc(CC[C@@]2(O)CC[C@@]3(C)[C@H](CC[C@@H]4[C@@H]3CC[C@]3(C)[C@@H](C(C)=O)CC[C@@H]43)C2)cc1OC. The summed E-state index contributed by atoms with van der Waals surface area (Å²) in [4.78, 5) is 12.4. The third-order valence-corrected chi connectivity index (χ3v) is 11.6. The number of Topliss-reactive ketones (excluding diaryl/α,β-unsaturated/α-hetero) is 1. The third-order valence-electron chi connectivity index (χ3n) is 11.6. The van der Waals surface area contributed by atoms with E-state index in [1.165, 1.54) is 37.7 Å². The predicted molar refractivity (Wildman–Crippen MR) is 139 cm³/mol. The van der Waals surface area contributed by atoms with Crippen LogP contribution in [-0.2, 0) is 11.2 Å². The van der Waals surface area contributed by atoms with Gasteiger partial charge in [-0.25, -0.2) is 0 Å². The standard InChI is InChI=1S/C31H46O4/c1-20(32)24-9-10-25-23-8-7-22-19-31(33,15-12-21-6-11-27(34-4)28(18-21)35-5)17-16-29(22,2)26(23)13-14-30(24,25)3/h6,11,18,22-26,33H,7-10,12-17,19H2,1-5H3/t22-,23+,24-,25+,26+,29+,30-,31-/m1/s1. The molecule has 0 unspecified atom stereocenters. The minimum absolute atomic E-state index is 0.227. The Hall–Kier alpha value is -1.55. The van der Waals surface area contributed by atoms with Crippen LogP contribution < -0.4 is 9.47 Å². The number of fused-ring (bicyclic) bond motifs is 5. The summed E-state index contributed by atoms with van der Waals surface area (Å²) in [5.74, 6) is 5.09. The molecule has 0 bridgehead atoms. The minimum Gasteiger partial charge on any atom is -0.493 e. The van der Waals surface area contributed by atoms with Gasteiger partial charge in [0.2, 0.25) is 0 Å². The van der Waals surface area contributed by atoms with Gasteiger partial charge in [0.05, 0.1) is 19.8 Å². The Labute approximate surface area is 212 Å². The molecule has 1 aromatic rings. The van der Waals surface area contributed by atoms with Gasteiger partial charge in [-0.15, -0.1) is 0 Å². The average Bonchev–Trinajstić information content (AvgIpc) is 3.21. The van der Waals surface area contributed by atoms with Crippen molar-refractivity contribution in [1.29, 1.82) is 0 Å². The van der Waals surface area contributed by atoms with Crippen molar-refractivity contribution in [3.63, 3.8) is 0 Å². The molecule has 4 aliphatic carbocycles. The van der Waals surface area contributed by atoms with Crippen LogP contribution in [0.3, 0.4) is 0 Å². The summed E-state index contributed by atoms with van der Waals surface area (Å²) in [5, 5.41) is 11.7. The van der Waals surface area contributed by atoms with Gasteiger partial charge >= 0.3 is 0 Å². The number of hydrogen-bond donors (Lipinski definition) is 1. The van der Waals surface area contributed by atoms with Crippen LogP contribution >= 0.6 is 0 Å². The van der Waals surface area contributed by atoms with E-state index < -0.39 is 5.60 Å². The molecule has 0 heterocycles. The van der Waals surface area contributed by atoms with Gasteiger partial charge in [-0.1, -0.05) is 19.9 Å². The van der Waals surface area contributed by atoms with Gasteiger partial charge in [-0.05, 0) is 130 Å². The van der Waals surface area contributed by atoms with Gasteiger partial charge < -0.3 is 14.6 Å². The summed E-state index contributed by atoms with van der Waals surface area (Å²) in [6.45, 7) is 6.82. The van der Waals surface area contributed by atoms with Crippen molar-refractivity contribution < 1.29 is 19.4 Å². The molecule has 0 aromatic heterocycles. The molecule has 0 radical (unpaired) electrons. The number of ether oxygens (including phenoxy) is 2. The van der Waals surface area contributed by atoms with Gasteiger partial charge in [-0.2, -0.15) is 0 Å². The van der Waals surface area contributed by atoms with E-state index in [1.54, 1.807) is 14.2 Å². The molecule has 1 N–H and O–H groups in total. The molecule has 0 amide bonds. The van der Waals surface area contributed by atoms with Crippen LogP contribution in [0.2, 0.25) is 0 Å². The maximum Gasteiger partial charge on any atom is 0.160 e. The second-order valence-corrected chi connectivity index (χ2v) is 13.1. The summed E-state index contributed by atoms with van der Waals surface area (Å²) < 4.78 is 10.9. The number of aryl methyl sites for hydroxylation is 1. The Balaban J connectivity index is 1.27. The molecular weight excluding hydrogens is 436 g/mol. The monoisotopic (exact) mass is 482 g/mol. The number of methoxy groups -OCH3 is 2. The van der Waals surface area contributed by atoms with Crippen LogP contribution in [0, 0.1) is 40.4 Å². The zero-order valence-electron chi connectivity index (χ0n) is 22.6. The van der Waals surface area contributed by atoms with Gasteiger partial charge in [0.15, 0.2) is 11.5 Å². The normalized spacial score (nSPS) is 42.5. The highest BCUT2D eigenvalue weighted by molar-refractivity contribution is 5.79.